The molecule has 1 aromatic carbocycles. The standard InChI is InChI=1S/C11H11ClN4/c1-7-2-3-8(12)10(4-7)16-11-9(13)5-14-6-15-11/h2-6H,13H2,1H3,(H,14,15,16). The number of nitrogens with one attached hydrogen (secondary N) is 1. The normalized spacial score (nSPS) is 10.1. The van der Waals surface area contributed by atoms with E-state index in [1.54, 1.807) is 6.20 Å². The maximum atomic E-state index is 6.05. The van der Waals surface area contributed by atoms with Gasteiger partial charge in [0.2, 0.25) is 0 Å². The molecule has 0 aliphatic rings. The number of anilines is 3. The summed E-state index contributed by atoms with van der Waals surface area (Å²) in [6.07, 6.45) is 2.97. The summed E-state index contributed by atoms with van der Waals surface area (Å²) in [5, 5.41) is 3.70. The van der Waals surface area contributed by atoms with Crippen molar-refractivity contribution >= 4 is 28.8 Å². The van der Waals surface area contributed by atoms with Crippen LogP contribution >= 0.6 is 11.6 Å². The van der Waals surface area contributed by atoms with E-state index in [2.05, 4.69) is 15.3 Å². The van der Waals surface area contributed by atoms with Gasteiger partial charge in [-0.15, -0.1) is 0 Å². The maximum absolute atomic E-state index is 6.05. The Morgan fingerprint density at radius 2 is 2.19 bits per heavy atom. The molecular weight excluding hydrogens is 224 g/mol. The molecule has 0 atom stereocenters. The Morgan fingerprint density at radius 1 is 1.38 bits per heavy atom. The molecule has 0 aliphatic carbocycles. The van der Waals surface area contributed by atoms with Crippen molar-refractivity contribution in [3.05, 3.63) is 41.3 Å². The van der Waals surface area contributed by atoms with E-state index >= 15 is 0 Å². The fourth-order valence-electron chi connectivity index (χ4n) is 1.31. The topological polar surface area (TPSA) is 63.8 Å². The summed E-state index contributed by atoms with van der Waals surface area (Å²) in [5.41, 5.74) is 8.11. The first-order chi connectivity index (χ1) is 7.66. The lowest BCUT2D eigenvalue weighted by Gasteiger charge is -2.09. The van der Waals surface area contributed by atoms with Gasteiger partial charge in [0.05, 0.1) is 22.6 Å². The Labute approximate surface area is 98.5 Å². The molecule has 5 heteroatoms. The van der Waals surface area contributed by atoms with Gasteiger partial charge in [-0.1, -0.05) is 17.7 Å². The summed E-state index contributed by atoms with van der Waals surface area (Å²) in [5.74, 6) is 0.558. The van der Waals surface area contributed by atoms with Gasteiger partial charge < -0.3 is 11.1 Å². The Hall–Kier alpha value is -1.81. The number of hydrogen-bond donors (Lipinski definition) is 2. The molecular formula is C11H11ClN4. The van der Waals surface area contributed by atoms with Gasteiger partial charge in [0.25, 0.3) is 0 Å². The fraction of sp³-hybridized carbons (Fsp3) is 0.0909. The number of nitrogens with two attached hydrogens (primary N) is 1. The molecule has 2 rings (SSSR count). The molecule has 2 aromatic rings. The van der Waals surface area contributed by atoms with Crippen molar-refractivity contribution in [1.82, 2.24) is 9.97 Å². The van der Waals surface area contributed by atoms with E-state index in [1.165, 1.54) is 6.33 Å². The third-order valence-electron chi connectivity index (χ3n) is 2.12. The van der Waals surface area contributed by atoms with Crippen LogP contribution in [0, 0.1) is 6.92 Å². The van der Waals surface area contributed by atoms with Crippen molar-refractivity contribution in [3.8, 4) is 0 Å². The molecule has 0 amide bonds. The lowest BCUT2D eigenvalue weighted by Crippen LogP contribution is -2.00. The van der Waals surface area contributed by atoms with Crippen molar-refractivity contribution < 1.29 is 0 Å². The molecule has 0 radical (unpaired) electrons. The molecule has 0 bridgehead atoms. The van der Waals surface area contributed by atoms with Crippen LogP contribution in [0.1, 0.15) is 5.56 Å². The number of nitrogen functional groups attached to an aromatic ring is 1. The minimum absolute atomic E-state index is 0.486. The zero-order valence-electron chi connectivity index (χ0n) is 8.74. The summed E-state index contributed by atoms with van der Waals surface area (Å²) in [7, 11) is 0. The lowest BCUT2D eigenvalue weighted by molar-refractivity contribution is 1.17. The quantitative estimate of drug-likeness (QED) is 0.839. The smallest absolute Gasteiger partial charge is 0.157 e. The summed E-state index contributed by atoms with van der Waals surface area (Å²) in [6.45, 7) is 1.99. The lowest BCUT2D eigenvalue weighted by atomic mass is 10.2. The largest absolute Gasteiger partial charge is 0.394 e. The molecule has 0 saturated heterocycles. The van der Waals surface area contributed by atoms with Crippen molar-refractivity contribution in [1.29, 1.82) is 0 Å². The van der Waals surface area contributed by atoms with Crippen LogP contribution in [0.4, 0.5) is 17.2 Å². The molecule has 1 heterocycles. The SMILES string of the molecule is Cc1ccc(Cl)c(Nc2ncncc2N)c1. The molecule has 16 heavy (non-hydrogen) atoms. The van der Waals surface area contributed by atoms with Crippen LogP contribution in [0.15, 0.2) is 30.7 Å². The van der Waals surface area contributed by atoms with Crippen molar-refractivity contribution in [2.24, 2.45) is 0 Å². The molecule has 82 valence electrons. The molecule has 4 nitrogen and oxygen atoms in total. The zero-order valence-corrected chi connectivity index (χ0v) is 9.49. The number of benzene rings is 1. The number of nitrogens with zero attached hydrogens (tertiary/aromatic N) is 2. The molecule has 1 aromatic heterocycles. The second kappa shape index (κ2) is 4.37. The van der Waals surface area contributed by atoms with Gasteiger partial charge >= 0.3 is 0 Å². The van der Waals surface area contributed by atoms with Crippen LogP contribution in [-0.4, -0.2) is 9.97 Å². The van der Waals surface area contributed by atoms with Gasteiger partial charge in [-0.3, -0.25) is 0 Å². The highest BCUT2D eigenvalue weighted by molar-refractivity contribution is 6.33. The highest BCUT2D eigenvalue weighted by atomic mass is 35.5. The van der Waals surface area contributed by atoms with E-state index in [0.717, 1.165) is 11.3 Å². The first-order valence-electron chi connectivity index (χ1n) is 4.75. The highest BCUT2D eigenvalue weighted by Gasteiger charge is 2.04. The van der Waals surface area contributed by atoms with Gasteiger partial charge in [0.15, 0.2) is 5.82 Å². The average molecular weight is 235 g/mol. The van der Waals surface area contributed by atoms with Crippen LogP contribution in [0.5, 0.6) is 0 Å². The van der Waals surface area contributed by atoms with E-state index in [1.807, 2.05) is 25.1 Å². The molecule has 0 aliphatic heterocycles. The predicted octanol–water partition coefficient (Wildman–Crippen LogP) is 2.76. The first-order valence-corrected chi connectivity index (χ1v) is 5.13. The van der Waals surface area contributed by atoms with Gasteiger partial charge in [-0.2, -0.15) is 0 Å². The summed E-state index contributed by atoms with van der Waals surface area (Å²) >= 11 is 6.05. The maximum Gasteiger partial charge on any atom is 0.157 e. The Bertz CT molecular complexity index is 513. The van der Waals surface area contributed by atoms with E-state index in [-0.39, 0.29) is 0 Å². The number of hydrogen-bond acceptors (Lipinski definition) is 4. The van der Waals surface area contributed by atoms with Crippen molar-refractivity contribution in [2.45, 2.75) is 6.92 Å². The first kappa shape index (κ1) is 10.7. The predicted molar refractivity (Wildman–Crippen MR) is 65.9 cm³/mol. The van der Waals surface area contributed by atoms with Gasteiger partial charge in [0, 0.05) is 0 Å². The molecule has 3 N–H and O–H groups in total. The van der Waals surface area contributed by atoms with Gasteiger partial charge in [0.1, 0.15) is 6.33 Å². The van der Waals surface area contributed by atoms with E-state index < -0.39 is 0 Å². The Morgan fingerprint density at radius 3 is 2.94 bits per heavy atom. The third kappa shape index (κ3) is 2.23. The summed E-state index contributed by atoms with van der Waals surface area (Å²) in [4.78, 5) is 7.86. The van der Waals surface area contributed by atoms with Crippen LogP contribution in [0.25, 0.3) is 0 Å². The van der Waals surface area contributed by atoms with Crippen molar-refractivity contribution in [2.75, 3.05) is 11.1 Å². The van der Waals surface area contributed by atoms with Crippen LogP contribution in [-0.2, 0) is 0 Å². The van der Waals surface area contributed by atoms with E-state index in [9.17, 15) is 0 Å². The molecule has 0 fully saturated rings. The van der Waals surface area contributed by atoms with Gasteiger partial charge in [-0.05, 0) is 24.6 Å². The van der Waals surface area contributed by atoms with Crippen molar-refractivity contribution in [3.63, 3.8) is 0 Å². The van der Waals surface area contributed by atoms with Crippen LogP contribution < -0.4 is 11.1 Å². The number of halogens is 1. The minimum Gasteiger partial charge on any atom is -0.394 e. The second-order valence-corrected chi connectivity index (χ2v) is 3.84. The number of aromatic nitrogens is 2. The summed E-state index contributed by atoms with van der Waals surface area (Å²) < 4.78 is 0. The zero-order chi connectivity index (χ0) is 11.5. The number of rotatable bonds is 2. The molecule has 0 unspecified atom stereocenters. The average Bonchev–Trinajstić information content (AvgIpc) is 2.27. The third-order valence-corrected chi connectivity index (χ3v) is 2.45. The second-order valence-electron chi connectivity index (χ2n) is 3.43. The van der Waals surface area contributed by atoms with E-state index in [4.69, 9.17) is 17.3 Å². The Balaban J connectivity index is 2.34. The Kier molecular flexibility index (Phi) is 2.92. The molecule has 0 spiro atoms. The minimum atomic E-state index is 0.486. The fourth-order valence-corrected chi connectivity index (χ4v) is 1.47. The monoisotopic (exact) mass is 234 g/mol. The summed E-state index contributed by atoms with van der Waals surface area (Å²) in [6, 6.07) is 5.71. The highest BCUT2D eigenvalue weighted by Crippen LogP contribution is 2.27. The van der Waals surface area contributed by atoms with Crippen LogP contribution in [0.3, 0.4) is 0 Å². The molecule has 0 saturated carbocycles. The van der Waals surface area contributed by atoms with Gasteiger partial charge in [-0.25, -0.2) is 9.97 Å². The number of aryl methyl sites for hydroxylation is 1. The van der Waals surface area contributed by atoms with Crippen LogP contribution in [0.2, 0.25) is 5.02 Å². The van der Waals surface area contributed by atoms with E-state index in [0.29, 0.717) is 16.5 Å².